The van der Waals surface area contributed by atoms with Gasteiger partial charge < -0.3 is 11.1 Å². The van der Waals surface area contributed by atoms with Gasteiger partial charge in [-0.05, 0) is 30.5 Å². The lowest BCUT2D eigenvalue weighted by Crippen LogP contribution is -2.49. The summed E-state index contributed by atoms with van der Waals surface area (Å²) < 4.78 is 1.03. The molecule has 2 atom stereocenters. The maximum atomic E-state index is 11.9. The molecule has 1 aromatic rings. The van der Waals surface area contributed by atoms with Gasteiger partial charge in [-0.1, -0.05) is 40.9 Å². The fourth-order valence-corrected chi connectivity index (χ4v) is 2.65. The highest BCUT2D eigenvalue weighted by atomic mass is 79.9. The standard InChI is InChI=1S/C14H19BrN2O/c15-11-7-5-10(6-8-11)9-14(18)17-13-4-2-1-3-12(13)16/h5-8,12-13H,1-4,9,16H2,(H,17,18)/t12-,13-/m1/s1. The van der Waals surface area contributed by atoms with E-state index in [0.29, 0.717) is 6.42 Å². The minimum Gasteiger partial charge on any atom is -0.352 e. The summed E-state index contributed by atoms with van der Waals surface area (Å²) in [6.45, 7) is 0. The van der Waals surface area contributed by atoms with Gasteiger partial charge in [-0.25, -0.2) is 0 Å². The van der Waals surface area contributed by atoms with E-state index >= 15 is 0 Å². The number of hydrogen-bond donors (Lipinski definition) is 2. The molecule has 1 aliphatic carbocycles. The molecule has 0 spiro atoms. The summed E-state index contributed by atoms with van der Waals surface area (Å²) in [5.74, 6) is 0.0691. The highest BCUT2D eigenvalue weighted by Crippen LogP contribution is 2.17. The minimum absolute atomic E-state index is 0.0691. The van der Waals surface area contributed by atoms with Crippen molar-refractivity contribution < 1.29 is 4.79 Å². The van der Waals surface area contributed by atoms with Crippen molar-refractivity contribution in [3.63, 3.8) is 0 Å². The van der Waals surface area contributed by atoms with Crippen LogP contribution in [0.5, 0.6) is 0 Å². The Morgan fingerprint density at radius 2 is 1.94 bits per heavy atom. The number of nitrogens with one attached hydrogen (secondary N) is 1. The summed E-state index contributed by atoms with van der Waals surface area (Å²) in [5.41, 5.74) is 7.05. The van der Waals surface area contributed by atoms with E-state index in [1.54, 1.807) is 0 Å². The number of amides is 1. The Morgan fingerprint density at radius 1 is 1.28 bits per heavy atom. The molecular weight excluding hydrogens is 292 g/mol. The first-order chi connectivity index (χ1) is 8.65. The third-order valence-corrected chi connectivity index (χ3v) is 3.97. The van der Waals surface area contributed by atoms with E-state index in [0.717, 1.165) is 29.3 Å². The number of halogens is 1. The van der Waals surface area contributed by atoms with Crippen LogP contribution in [-0.4, -0.2) is 18.0 Å². The van der Waals surface area contributed by atoms with Gasteiger partial charge in [0.25, 0.3) is 0 Å². The number of hydrogen-bond acceptors (Lipinski definition) is 2. The van der Waals surface area contributed by atoms with Crippen LogP contribution < -0.4 is 11.1 Å². The van der Waals surface area contributed by atoms with Crippen molar-refractivity contribution in [2.24, 2.45) is 5.73 Å². The molecule has 1 fully saturated rings. The van der Waals surface area contributed by atoms with Gasteiger partial charge in [-0.15, -0.1) is 0 Å². The van der Waals surface area contributed by atoms with Gasteiger partial charge in [-0.2, -0.15) is 0 Å². The minimum atomic E-state index is 0.0691. The van der Waals surface area contributed by atoms with Crippen molar-refractivity contribution in [1.29, 1.82) is 0 Å². The Kier molecular flexibility index (Phi) is 4.78. The fraction of sp³-hybridized carbons (Fsp3) is 0.500. The monoisotopic (exact) mass is 310 g/mol. The van der Waals surface area contributed by atoms with Crippen LogP contribution in [0.2, 0.25) is 0 Å². The first-order valence-corrected chi connectivity index (χ1v) is 7.24. The van der Waals surface area contributed by atoms with Crippen LogP contribution in [0.25, 0.3) is 0 Å². The lowest BCUT2D eigenvalue weighted by Gasteiger charge is -2.29. The van der Waals surface area contributed by atoms with Gasteiger partial charge >= 0.3 is 0 Å². The summed E-state index contributed by atoms with van der Waals surface area (Å²) in [5, 5.41) is 3.06. The molecular formula is C14H19BrN2O. The van der Waals surface area contributed by atoms with Gasteiger partial charge in [0, 0.05) is 16.6 Å². The summed E-state index contributed by atoms with van der Waals surface area (Å²) >= 11 is 3.38. The molecule has 1 aromatic carbocycles. The van der Waals surface area contributed by atoms with Gasteiger partial charge in [0.15, 0.2) is 0 Å². The topological polar surface area (TPSA) is 55.1 Å². The van der Waals surface area contributed by atoms with Crippen molar-refractivity contribution >= 4 is 21.8 Å². The highest BCUT2D eigenvalue weighted by Gasteiger charge is 2.23. The maximum Gasteiger partial charge on any atom is 0.224 e. The molecule has 0 saturated heterocycles. The summed E-state index contributed by atoms with van der Waals surface area (Å²) in [6, 6.07) is 8.10. The molecule has 1 aliphatic rings. The molecule has 0 heterocycles. The van der Waals surface area contributed by atoms with Crippen molar-refractivity contribution in [2.75, 3.05) is 0 Å². The van der Waals surface area contributed by atoms with E-state index in [1.807, 2.05) is 24.3 Å². The number of carbonyl (C=O) groups is 1. The molecule has 0 radical (unpaired) electrons. The third-order valence-electron chi connectivity index (χ3n) is 3.44. The molecule has 0 aromatic heterocycles. The van der Waals surface area contributed by atoms with Gasteiger partial charge in [0.2, 0.25) is 5.91 Å². The molecule has 0 bridgehead atoms. The van der Waals surface area contributed by atoms with E-state index in [9.17, 15) is 4.79 Å². The largest absolute Gasteiger partial charge is 0.352 e. The quantitative estimate of drug-likeness (QED) is 0.900. The van der Waals surface area contributed by atoms with E-state index in [4.69, 9.17) is 5.73 Å². The Morgan fingerprint density at radius 3 is 2.61 bits per heavy atom. The molecule has 1 saturated carbocycles. The molecule has 2 rings (SSSR count). The smallest absolute Gasteiger partial charge is 0.224 e. The Labute approximate surface area is 116 Å². The van der Waals surface area contributed by atoms with Crippen LogP contribution in [0.4, 0.5) is 0 Å². The van der Waals surface area contributed by atoms with Crippen LogP contribution in [0.15, 0.2) is 28.7 Å². The molecule has 18 heavy (non-hydrogen) atoms. The second-order valence-electron chi connectivity index (χ2n) is 4.93. The molecule has 98 valence electrons. The summed E-state index contributed by atoms with van der Waals surface area (Å²) in [6.07, 6.45) is 4.80. The van der Waals surface area contributed by atoms with Crippen LogP contribution in [0.1, 0.15) is 31.2 Å². The number of carbonyl (C=O) groups excluding carboxylic acids is 1. The van der Waals surface area contributed by atoms with Crippen molar-refractivity contribution in [2.45, 2.75) is 44.2 Å². The van der Waals surface area contributed by atoms with Crippen LogP contribution in [0, 0.1) is 0 Å². The predicted octanol–water partition coefficient (Wildman–Crippen LogP) is 2.38. The zero-order valence-corrected chi connectivity index (χ0v) is 11.9. The van der Waals surface area contributed by atoms with Crippen molar-refractivity contribution in [3.05, 3.63) is 34.3 Å². The molecule has 0 aliphatic heterocycles. The first kappa shape index (κ1) is 13.6. The van der Waals surface area contributed by atoms with Crippen LogP contribution in [0.3, 0.4) is 0 Å². The third kappa shape index (κ3) is 3.82. The van der Waals surface area contributed by atoms with E-state index in [1.165, 1.54) is 6.42 Å². The number of nitrogens with two attached hydrogens (primary N) is 1. The molecule has 3 N–H and O–H groups in total. The van der Waals surface area contributed by atoms with Crippen molar-refractivity contribution in [1.82, 2.24) is 5.32 Å². The maximum absolute atomic E-state index is 11.9. The first-order valence-electron chi connectivity index (χ1n) is 6.44. The Balaban J connectivity index is 1.86. The SMILES string of the molecule is N[C@@H]1CCCC[C@H]1NC(=O)Cc1ccc(Br)cc1. The molecule has 4 heteroatoms. The van der Waals surface area contributed by atoms with Gasteiger partial charge in [0.1, 0.15) is 0 Å². The van der Waals surface area contributed by atoms with Crippen molar-refractivity contribution in [3.8, 4) is 0 Å². The second-order valence-corrected chi connectivity index (χ2v) is 5.84. The average molecular weight is 311 g/mol. The molecule has 0 unspecified atom stereocenters. The predicted molar refractivity (Wildman–Crippen MR) is 76.2 cm³/mol. The van der Waals surface area contributed by atoms with E-state index < -0.39 is 0 Å². The lowest BCUT2D eigenvalue weighted by atomic mass is 9.91. The Hall–Kier alpha value is -0.870. The number of rotatable bonds is 3. The van der Waals surface area contributed by atoms with Crippen LogP contribution >= 0.6 is 15.9 Å². The number of benzene rings is 1. The van der Waals surface area contributed by atoms with Crippen LogP contribution in [-0.2, 0) is 11.2 Å². The second kappa shape index (κ2) is 6.34. The van der Waals surface area contributed by atoms with Gasteiger partial charge in [0.05, 0.1) is 6.42 Å². The lowest BCUT2D eigenvalue weighted by molar-refractivity contribution is -0.121. The Bertz CT molecular complexity index is 405. The fourth-order valence-electron chi connectivity index (χ4n) is 2.38. The highest BCUT2D eigenvalue weighted by molar-refractivity contribution is 9.10. The average Bonchev–Trinajstić information content (AvgIpc) is 2.35. The summed E-state index contributed by atoms with van der Waals surface area (Å²) in [4.78, 5) is 11.9. The van der Waals surface area contributed by atoms with E-state index in [-0.39, 0.29) is 18.0 Å². The normalized spacial score (nSPS) is 23.7. The van der Waals surface area contributed by atoms with E-state index in [2.05, 4.69) is 21.2 Å². The summed E-state index contributed by atoms with van der Waals surface area (Å²) in [7, 11) is 0. The zero-order valence-electron chi connectivity index (χ0n) is 10.4. The molecule has 1 amide bonds. The molecule has 3 nitrogen and oxygen atoms in total. The van der Waals surface area contributed by atoms with Gasteiger partial charge in [-0.3, -0.25) is 4.79 Å². The zero-order chi connectivity index (χ0) is 13.0.